The molecule has 0 unspecified atom stereocenters. The molecule has 0 saturated heterocycles. The van der Waals surface area contributed by atoms with Crippen LogP contribution in [0.4, 0.5) is 0 Å². The summed E-state index contributed by atoms with van der Waals surface area (Å²) in [5, 5.41) is 18.7. The second-order valence-corrected chi connectivity index (χ2v) is 3.36. The molecular weight excluding hydrogens is 196 g/mol. The molecule has 0 aliphatic heterocycles. The van der Waals surface area contributed by atoms with Crippen LogP contribution in [0.25, 0.3) is 0 Å². The highest BCUT2D eigenvalue weighted by atomic mass is 35.5. The molecule has 6 heteroatoms. The topological polar surface area (TPSA) is 53.4 Å². The van der Waals surface area contributed by atoms with E-state index in [1.54, 1.807) is 6.07 Å². The van der Waals surface area contributed by atoms with Crippen LogP contribution in [0.5, 0.6) is 0 Å². The maximum absolute atomic E-state index is 8.86. The number of aromatic nitrogens is 1. The van der Waals surface area contributed by atoms with Crippen LogP contribution in [0, 0.1) is 0 Å². The van der Waals surface area contributed by atoms with Crippen LogP contribution < -0.4 is 5.46 Å². The average molecular weight is 203 g/mol. The van der Waals surface area contributed by atoms with Gasteiger partial charge in [0.25, 0.3) is 0 Å². The maximum Gasteiger partial charge on any atom is 0.490 e. The molecule has 0 amide bonds. The summed E-state index contributed by atoms with van der Waals surface area (Å²) in [6.45, 7) is 0. The third-order valence-corrected chi connectivity index (χ3v) is 2.30. The van der Waals surface area contributed by atoms with Gasteiger partial charge >= 0.3 is 7.12 Å². The zero-order valence-electron chi connectivity index (χ0n) is 6.36. The van der Waals surface area contributed by atoms with Crippen molar-refractivity contribution in [1.82, 2.24) is 4.98 Å². The Morgan fingerprint density at radius 2 is 2.25 bits per heavy atom. The minimum Gasteiger partial charge on any atom is -0.423 e. The molecule has 2 N–H and O–H groups in total. The van der Waals surface area contributed by atoms with Gasteiger partial charge in [-0.2, -0.15) is 0 Å². The van der Waals surface area contributed by atoms with Gasteiger partial charge in [0, 0.05) is 11.7 Å². The van der Waals surface area contributed by atoms with Gasteiger partial charge in [-0.3, -0.25) is 0 Å². The van der Waals surface area contributed by atoms with Gasteiger partial charge in [0.2, 0.25) is 0 Å². The van der Waals surface area contributed by atoms with E-state index in [-0.39, 0.29) is 10.5 Å². The monoisotopic (exact) mass is 203 g/mol. The highest BCUT2D eigenvalue weighted by molar-refractivity contribution is 7.98. The number of rotatable bonds is 2. The van der Waals surface area contributed by atoms with Crippen LogP contribution in [0.2, 0.25) is 5.02 Å². The van der Waals surface area contributed by atoms with E-state index in [9.17, 15) is 0 Å². The Bertz CT molecular complexity index is 284. The number of hydrogen-bond acceptors (Lipinski definition) is 4. The first-order valence-electron chi connectivity index (χ1n) is 3.20. The van der Waals surface area contributed by atoms with Crippen molar-refractivity contribution in [3.05, 3.63) is 17.3 Å². The fourth-order valence-electron chi connectivity index (χ4n) is 0.744. The molecule has 1 rings (SSSR count). The molecule has 0 aromatic carbocycles. The normalized spacial score (nSPS) is 10.0. The SMILES string of the molecule is CSc1cc(B(O)O)c(Cl)cn1. The van der Waals surface area contributed by atoms with E-state index in [1.165, 1.54) is 18.0 Å². The lowest BCUT2D eigenvalue weighted by molar-refractivity contribution is 0.425. The first-order valence-corrected chi connectivity index (χ1v) is 4.81. The van der Waals surface area contributed by atoms with Gasteiger partial charge in [-0.1, -0.05) is 11.6 Å². The van der Waals surface area contributed by atoms with Crippen LogP contribution in [0.1, 0.15) is 0 Å². The second-order valence-electron chi connectivity index (χ2n) is 2.12. The summed E-state index contributed by atoms with van der Waals surface area (Å²) < 4.78 is 0. The van der Waals surface area contributed by atoms with Crippen LogP contribution >= 0.6 is 23.4 Å². The molecule has 0 bridgehead atoms. The van der Waals surface area contributed by atoms with Crippen molar-refractivity contribution in [3.63, 3.8) is 0 Å². The van der Waals surface area contributed by atoms with Crippen molar-refractivity contribution in [3.8, 4) is 0 Å². The van der Waals surface area contributed by atoms with Gasteiger partial charge in [0.15, 0.2) is 0 Å². The summed E-state index contributed by atoms with van der Waals surface area (Å²) in [7, 11) is -1.54. The Kier molecular flexibility index (Phi) is 3.40. The lowest BCUT2D eigenvalue weighted by Gasteiger charge is -2.03. The smallest absolute Gasteiger partial charge is 0.423 e. The zero-order chi connectivity index (χ0) is 9.14. The maximum atomic E-state index is 8.86. The van der Waals surface area contributed by atoms with Crippen molar-refractivity contribution >= 4 is 35.9 Å². The van der Waals surface area contributed by atoms with Crippen molar-refractivity contribution in [2.75, 3.05) is 6.26 Å². The molecule has 0 aliphatic carbocycles. The van der Waals surface area contributed by atoms with E-state index < -0.39 is 7.12 Å². The summed E-state index contributed by atoms with van der Waals surface area (Å²) in [4.78, 5) is 3.95. The molecule has 0 atom stereocenters. The van der Waals surface area contributed by atoms with Gasteiger partial charge in [0.1, 0.15) is 0 Å². The van der Waals surface area contributed by atoms with Crippen molar-refractivity contribution < 1.29 is 10.0 Å². The summed E-state index contributed by atoms with van der Waals surface area (Å²) >= 11 is 7.07. The molecule has 1 aromatic rings. The van der Waals surface area contributed by atoms with Crippen LogP contribution in [-0.2, 0) is 0 Å². The van der Waals surface area contributed by atoms with Crippen molar-refractivity contribution in [2.24, 2.45) is 0 Å². The molecule has 0 fully saturated rings. The fourth-order valence-corrected chi connectivity index (χ4v) is 1.35. The van der Waals surface area contributed by atoms with E-state index >= 15 is 0 Å². The minimum absolute atomic E-state index is 0.266. The third-order valence-electron chi connectivity index (χ3n) is 1.35. The highest BCUT2D eigenvalue weighted by Crippen LogP contribution is 2.12. The first-order chi connectivity index (χ1) is 5.65. The Morgan fingerprint density at radius 1 is 1.58 bits per heavy atom. The molecule has 0 saturated carbocycles. The Balaban J connectivity index is 3.08. The Hall–Kier alpha value is -0.225. The molecular formula is C6H7BClNO2S. The molecule has 3 nitrogen and oxygen atoms in total. The predicted octanol–water partition coefficient (Wildman–Crippen LogP) is 0.137. The summed E-state index contributed by atoms with van der Waals surface area (Å²) in [5.41, 5.74) is 0.288. The second kappa shape index (κ2) is 4.14. The van der Waals surface area contributed by atoms with Gasteiger partial charge in [-0.25, -0.2) is 4.98 Å². The standard InChI is InChI=1S/C6H7BClNO2S/c1-12-6-2-4(7(10)11)5(8)3-9-6/h2-3,10-11H,1H3. The van der Waals surface area contributed by atoms with Crippen molar-refractivity contribution in [2.45, 2.75) is 5.03 Å². The number of pyridine rings is 1. The third kappa shape index (κ3) is 2.14. The molecule has 0 radical (unpaired) electrons. The Morgan fingerprint density at radius 3 is 2.75 bits per heavy atom. The highest BCUT2D eigenvalue weighted by Gasteiger charge is 2.15. The number of hydrogen-bond donors (Lipinski definition) is 2. The molecule has 12 heavy (non-hydrogen) atoms. The zero-order valence-corrected chi connectivity index (χ0v) is 7.93. The molecule has 0 aliphatic rings. The van der Waals surface area contributed by atoms with Gasteiger partial charge < -0.3 is 10.0 Å². The van der Waals surface area contributed by atoms with Gasteiger partial charge in [-0.15, -0.1) is 11.8 Å². The molecule has 1 aromatic heterocycles. The Labute approximate surface area is 79.9 Å². The summed E-state index contributed by atoms with van der Waals surface area (Å²) in [5.74, 6) is 0. The van der Waals surface area contributed by atoms with E-state index in [2.05, 4.69) is 4.98 Å². The van der Waals surface area contributed by atoms with E-state index in [1.807, 2.05) is 6.26 Å². The quantitative estimate of drug-likeness (QED) is 0.530. The van der Waals surface area contributed by atoms with Crippen LogP contribution in [-0.4, -0.2) is 28.4 Å². The van der Waals surface area contributed by atoms with E-state index in [0.717, 1.165) is 0 Å². The van der Waals surface area contributed by atoms with E-state index in [0.29, 0.717) is 5.03 Å². The summed E-state index contributed by atoms with van der Waals surface area (Å²) in [6, 6.07) is 1.55. The summed E-state index contributed by atoms with van der Waals surface area (Å²) in [6.07, 6.45) is 3.26. The predicted molar refractivity (Wildman–Crippen MR) is 50.9 cm³/mol. The van der Waals surface area contributed by atoms with E-state index in [4.69, 9.17) is 21.6 Å². The lowest BCUT2D eigenvalue weighted by Crippen LogP contribution is -2.31. The number of nitrogens with zero attached hydrogens (tertiary/aromatic N) is 1. The van der Waals surface area contributed by atoms with Crippen molar-refractivity contribution in [1.29, 1.82) is 0 Å². The van der Waals surface area contributed by atoms with Gasteiger partial charge in [-0.05, 0) is 12.3 Å². The lowest BCUT2D eigenvalue weighted by atomic mass is 9.81. The largest absolute Gasteiger partial charge is 0.490 e. The average Bonchev–Trinajstić information content (AvgIpc) is 2.05. The molecule has 0 spiro atoms. The molecule has 1 heterocycles. The fraction of sp³-hybridized carbons (Fsp3) is 0.167. The first kappa shape index (κ1) is 9.86. The van der Waals surface area contributed by atoms with Crippen LogP contribution in [0.15, 0.2) is 17.3 Å². The van der Waals surface area contributed by atoms with Gasteiger partial charge in [0.05, 0.1) is 10.0 Å². The van der Waals surface area contributed by atoms with Crippen LogP contribution in [0.3, 0.4) is 0 Å². The number of halogens is 1. The number of thioether (sulfide) groups is 1. The minimum atomic E-state index is -1.54. The molecule has 64 valence electrons.